The molecule has 0 radical (unpaired) electrons. The average molecular weight is 217 g/mol. The van der Waals surface area contributed by atoms with Gasteiger partial charge in [0.1, 0.15) is 0 Å². The lowest BCUT2D eigenvalue weighted by atomic mass is 10.0. The summed E-state index contributed by atoms with van der Waals surface area (Å²) in [4.78, 5) is 10.4. The molecule has 1 aliphatic rings. The van der Waals surface area contributed by atoms with Crippen molar-refractivity contribution in [2.45, 2.75) is 18.9 Å². The Hall–Kier alpha value is -1.61. The number of hydrogen-bond donors (Lipinski definition) is 2. The minimum Gasteiger partial charge on any atom is -0.478 e. The Morgan fingerprint density at radius 3 is 2.69 bits per heavy atom. The molecule has 1 heterocycles. The maximum absolute atomic E-state index is 10.4. The van der Waals surface area contributed by atoms with E-state index in [9.17, 15) is 4.79 Å². The van der Waals surface area contributed by atoms with Crippen molar-refractivity contribution >= 4 is 12.0 Å². The Bertz CT molecular complexity index is 389. The monoisotopic (exact) mass is 217 g/mol. The molecule has 0 aliphatic carbocycles. The van der Waals surface area contributed by atoms with Crippen LogP contribution in [0.1, 0.15) is 30.0 Å². The zero-order valence-electron chi connectivity index (χ0n) is 9.02. The normalized spacial score (nSPS) is 20.4. The van der Waals surface area contributed by atoms with E-state index in [1.54, 1.807) is 6.08 Å². The predicted molar refractivity (Wildman–Crippen MR) is 63.1 cm³/mol. The summed E-state index contributed by atoms with van der Waals surface area (Å²) in [7, 11) is 0. The van der Waals surface area contributed by atoms with E-state index in [2.05, 4.69) is 17.4 Å². The largest absolute Gasteiger partial charge is 0.478 e. The van der Waals surface area contributed by atoms with Gasteiger partial charge in [0, 0.05) is 12.1 Å². The van der Waals surface area contributed by atoms with Crippen LogP contribution in [0.25, 0.3) is 6.08 Å². The van der Waals surface area contributed by atoms with Crippen molar-refractivity contribution in [3.05, 3.63) is 41.5 Å². The molecule has 1 aliphatic heterocycles. The second kappa shape index (κ2) is 4.94. The van der Waals surface area contributed by atoms with Gasteiger partial charge in [0.05, 0.1) is 0 Å². The van der Waals surface area contributed by atoms with E-state index in [0.29, 0.717) is 6.04 Å². The maximum Gasteiger partial charge on any atom is 0.328 e. The zero-order valence-corrected chi connectivity index (χ0v) is 9.02. The molecule has 1 unspecified atom stereocenters. The van der Waals surface area contributed by atoms with E-state index in [1.807, 2.05) is 12.1 Å². The summed E-state index contributed by atoms with van der Waals surface area (Å²) in [5.41, 5.74) is 2.20. The first-order valence-electron chi connectivity index (χ1n) is 5.50. The van der Waals surface area contributed by atoms with Gasteiger partial charge in [-0.05, 0) is 36.6 Å². The van der Waals surface area contributed by atoms with Crippen LogP contribution in [0.15, 0.2) is 30.3 Å². The molecule has 2 rings (SSSR count). The van der Waals surface area contributed by atoms with E-state index in [4.69, 9.17) is 5.11 Å². The Morgan fingerprint density at radius 2 is 2.12 bits per heavy atom. The highest BCUT2D eigenvalue weighted by Crippen LogP contribution is 2.23. The smallest absolute Gasteiger partial charge is 0.328 e. The van der Waals surface area contributed by atoms with Crippen LogP contribution in [0.5, 0.6) is 0 Å². The third-order valence-corrected chi connectivity index (χ3v) is 2.82. The first-order chi connectivity index (χ1) is 7.75. The van der Waals surface area contributed by atoms with E-state index in [0.717, 1.165) is 18.2 Å². The van der Waals surface area contributed by atoms with Crippen molar-refractivity contribution in [2.75, 3.05) is 6.54 Å². The number of hydrogen-bond acceptors (Lipinski definition) is 2. The number of nitrogens with one attached hydrogen (secondary N) is 1. The molecule has 0 aromatic heterocycles. The van der Waals surface area contributed by atoms with Crippen molar-refractivity contribution in [1.29, 1.82) is 0 Å². The quantitative estimate of drug-likeness (QED) is 0.763. The summed E-state index contributed by atoms with van der Waals surface area (Å²) in [6.07, 6.45) is 5.17. The highest BCUT2D eigenvalue weighted by Gasteiger charge is 2.15. The van der Waals surface area contributed by atoms with Gasteiger partial charge in [-0.2, -0.15) is 0 Å². The topological polar surface area (TPSA) is 49.3 Å². The predicted octanol–water partition coefficient (Wildman–Crippen LogP) is 2.21. The molecular weight excluding hydrogens is 202 g/mol. The zero-order chi connectivity index (χ0) is 11.4. The molecule has 0 amide bonds. The van der Waals surface area contributed by atoms with Crippen molar-refractivity contribution in [3.8, 4) is 0 Å². The van der Waals surface area contributed by atoms with Gasteiger partial charge < -0.3 is 10.4 Å². The van der Waals surface area contributed by atoms with Crippen molar-refractivity contribution in [1.82, 2.24) is 5.32 Å². The molecule has 0 saturated carbocycles. The van der Waals surface area contributed by atoms with Gasteiger partial charge in [0.2, 0.25) is 0 Å². The third kappa shape index (κ3) is 2.70. The molecule has 16 heavy (non-hydrogen) atoms. The van der Waals surface area contributed by atoms with Gasteiger partial charge in [-0.15, -0.1) is 0 Å². The van der Waals surface area contributed by atoms with E-state index in [-0.39, 0.29) is 0 Å². The fourth-order valence-corrected chi connectivity index (χ4v) is 1.98. The van der Waals surface area contributed by atoms with Gasteiger partial charge in [0.15, 0.2) is 0 Å². The van der Waals surface area contributed by atoms with Gasteiger partial charge in [-0.25, -0.2) is 4.79 Å². The molecule has 1 aromatic rings. The first-order valence-corrected chi connectivity index (χ1v) is 5.50. The number of carboxylic acids is 1. The molecule has 2 N–H and O–H groups in total. The molecule has 1 fully saturated rings. The van der Waals surface area contributed by atoms with Gasteiger partial charge in [-0.3, -0.25) is 0 Å². The molecule has 0 bridgehead atoms. The van der Waals surface area contributed by atoms with Crippen molar-refractivity contribution in [2.24, 2.45) is 0 Å². The van der Waals surface area contributed by atoms with Gasteiger partial charge >= 0.3 is 5.97 Å². The van der Waals surface area contributed by atoms with E-state index < -0.39 is 5.97 Å². The maximum atomic E-state index is 10.4. The fourth-order valence-electron chi connectivity index (χ4n) is 1.98. The number of aliphatic carboxylic acids is 1. The minimum atomic E-state index is -0.915. The fraction of sp³-hybridized carbons (Fsp3) is 0.308. The molecule has 1 saturated heterocycles. The summed E-state index contributed by atoms with van der Waals surface area (Å²) < 4.78 is 0. The van der Waals surface area contributed by atoms with Crippen LogP contribution in [0.2, 0.25) is 0 Å². The molecule has 3 nitrogen and oxygen atoms in total. The molecule has 84 valence electrons. The molecular formula is C13H15NO2. The summed E-state index contributed by atoms with van der Waals surface area (Å²) >= 11 is 0. The summed E-state index contributed by atoms with van der Waals surface area (Å²) in [5, 5.41) is 11.9. The van der Waals surface area contributed by atoms with E-state index in [1.165, 1.54) is 18.4 Å². The minimum absolute atomic E-state index is 0.470. The van der Waals surface area contributed by atoms with Crippen molar-refractivity contribution in [3.63, 3.8) is 0 Å². The second-order valence-electron chi connectivity index (χ2n) is 3.99. The highest BCUT2D eigenvalue weighted by molar-refractivity contribution is 5.85. The number of carbonyl (C=O) groups is 1. The number of carboxylic acid groups (broad SMARTS) is 1. The third-order valence-electron chi connectivity index (χ3n) is 2.82. The molecule has 3 heteroatoms. The van der Waals surface area contributed by atoms with Crippen molar-refractivity contribution < 1.29 is 9.90 Å². The highest BCUT2D eigenvalue weighted by atomic mass is 16.4. The molecule has 0 spiro atoms. The Labute approximate surface area is 94.8 Å². The first kappa shape index (κ1) is 10.9. The summed E-state index contributed by atoms with van der Waals surface area (Å²) in [6.45, 7) is 1.09. The van der Waals surface area contributed by atoms with E-state index >= 15 is 0 Å². The average Bonchev–Trinajstić information content (AvgIpc) is 2.80. The summed E-state index contributed by atoms with van der Waals surface area (Å²) in [5.74, 6) is -0.915. The van der Waals surface area contributed by atoms with Crippen LogP contribution >= 0.6 is 0 Å². The van der Waals surface area contributed by atoms with Gasteiger partial charge in [-0.1, -0.05) is 24.3 Å². The lowest BCUT2D eigenvalue weighted by Gasteiger charge is -2.10. The Morgan fingerprint density at radius 1 is 1.38 bits per heavy atom. The number of rotatable bonds is 3. The second-order valence-corrected chi connectivity index (χ2v) is 3.99. The van der Waals surface area contributed by atoms with Crippen LogP contribution in [-0.2, 0) is 4.79 Å². The Kier molecular flexibility index (Phi) is 3.37. The van der Waals surface area contributed by atoms with Crippen LogP contribution < -0.4 is 5.32 Å². The molecule has 1 aromatic carbocycles. The lowest BCUT2D eigenvalue weighted by molar-refractivity contribution is -0.131. The van der Waals surface area contributed by atoms with Crippen LogP contribution in [-0.4, -0.2) is 17.6 Å². The summed E-state index contributed by atoms with van der Waals surface area (Å²) in [6, 6.07) is 8.50. The van der Waals surface area contributed by atoms with Crippen LogP contribution in [0.4, 0.5) is 0 Å². The Balaban J connectivity index is 2.06. The standard InChI is InChI=1S/C13H15NO2/c15-13(16)8-5-10-3-6-11(7-4-10)12-2-1-9-14-12/h3-8,12,14H,1-2,9H2,(H,15,16)/b8-5+. The van der Waals surface area contributed by atoms with Gasteiger partial charge in [0.25, 0.3) is 0 Å². The van der Waals surface area contributed by atoms with Crippen LogP contribution in [0.3, 0.4) is 0 Å². The number of benzene rings is 1. The lowest BCUT2D eigenvalue weighted by Crippen LogP contribution is -2.12. The van der Waals surface area contributed by atoms with Crippen LogP contribution in [0, 0.1) is 0 Å². The molecule has 1 atom stereocenters. The SMILES string of the molecule is O=C(O)/C=C/c1ccc(C2CCCN2)cc1.